The largest absolute Gasteiger partial charge is 0.481 e. The van der Waals surface area contributed by atoms with E-state index in [9.17, 15) is 19.2 Å². The lowest BCUT2D eigenvalue weighted by atomic mass is 9.96. The van der Waals surface area contributed by atoms with Crippen molar-refractivity contribution in [1.82, 2.24) is 4.90 Å². The molecule has 0 aliphatic rings. The first-order valence-corrected chi connectivity index (χ1v) is 4.78. The minimum atomic E-state index is -2.74. The number of rotatable bonds is 5. The van der Waals surface area contributed by atoms with Crippen molar-refractivity contribution < 1.29 is 39.6 Å². The molecule has 0 aromatic heterocycles. The number of nitrogens with two attached hydrogens (primary N) is 1. The van der Waals surface area contributed by atoms with E-state index in [4.69, 9.17) is 26.2 Å². The van der Waals surface area contributed by atoms with Gasteiger partial charge in [-0.1, -0.05) is 0 Å². The molecule has 0 aromatic rings. The number of carboxylic acids is 3. The second kappa shape index (κ2) is 7.87. The van der Waals surface area contributed by atoms with E-state index >= 15 is 0 Å². The molecule has 0 fully saturated rings. The molecule has 0 spiro atoms. The van der Waals surface area contributed by atoms with Gasteiger partial charge in [0.15, 0.2) is 5.60 Å². The molecule has 10 heteroatoms. The highest BCUT2D eigenvalue weighted by molar-refractivity contribution is 5.88. The number of nitrogens with zero attached hydrogens (tertiary/aromatic N) is 1. The maximum atomic E-state index is 10.3. The standard InChI is InChI=1S/C6H8O7.C3H8N2O/c7-3(8)1-6(13,5(11)12)2-4(9)10;1-5(2)3(4)6/h13H,1-2H2,(H,7,8)(H,9,10)(H,11,12);1-2H3,(H2,4,6). The second-order valence-corrected chi connectivity index (χ2v) is 3.71. The summed E-state index contributed by atoms with van der Waals surface area (Å²) in [6.45, 7) is 0. The Balaban J connectivity index is 0. The minimum absolute atomic E-state index is 0.407. The number of aliphatic carboxylic acids is 3. The van der Waals surface area contributed by atoms with Crippen molar-refractivity contribution in [3.63, 3.8) is 0 Å². The van der Waals surface area contributed by atoms with E-state index < -0.39 is 42.4 Å². The molecule has 0 atom stereocenters. The Hall–Kier alpha value is -2.36. The third-order valence-corrected chi connectivity index (χ3v) is 1.73. The summed E-state index contributed by atoms with van der Waals surface area (Å²) in [4.78, 5) is 41.6. The number of carbonyl (C=O) groups excluding carboxylic acids is 1. The smallest absolute Gasteiger partial charge is 0.336 e. The summed E-state index contributed by atoms with van der Waals surface area (Å²) in [5.74, 6) is -5.02. The lowest BCUT2D eigenvalue weighted by molar-refractivity contribution is -0.170. The topological polar surface area (TPSA) is 178 Å². The number of primary amides is 1. The highest BCUT2D eigenvalue weighted by atomic mass is 16.4. The van der Waals surface area contributed by atoms with Gasteiger partial charge in [-0.2, -0.15) is 0 Å². The third-order valence-electron chi connectivity index (χ3n) is 1.73. The Bertz CT molecular complexity index is 349. The molecule has 19 heavy (non-hydrogen) atoms. The highest BCUT2D eigenvalue weighted by Crippen LogP contribution is 2.15. The van der Waals surface area contributed by atoms with Crippen molar-refractivity contribution in [3.05, 3.63) is 0 Å². The van der Waals surface area contributed by atoms with Crippen molar-refractivity contribution in [3.8, 4) is 0 Å². The highest BCUT2D eigenvalue weighted by Gasteiger charge is 2.40. The van der Waals surface area contributed by atoms with Crippen molar-refractivity contribution in [2.45, 2.75) is 18.4 Å². The molecule has 0 rings (SSSR count). The molecule has 0 aromatic carbocycles. The van der Waals surface area contributed by atoms with Crippen LogP contribution in [-0.4, -0.2) is 69.0 Å². The number of carboxylic acid groups (broad SMARTS) is 3. The molecule has 0 saturated heterocycles. The van der Waals surface area contributed by atoms with Crippen LogP contribution in [0.3, 0.4) is 0 Å². The maximum absolute atomic E-state index is 10.3. The van der Waals surface area contributed by atoms with E-state index in [1.807, 2.05) is 0 Å². The molecule has 0 bridgehead atoms. The van der Waals surface area contributed by atoms with E-state index in [0.29, 0.717) is 0 Å². The molecule has 110 valence electrons. The summed E-state index contributed by atoms with van der Waals surface area (Å²) < 4.78 is 0. The van der Waals surface area contributed by atoms with Crippen LogP contribution in [0.15, 0.2) is 0 Å². The van der Waals surface area contributed by atoms with Crippen LogP contribution in [0, 0.1) is 0 Å². The lowest BCUT2D eigenvalue weighted by Gasteiger charge is -2.18. The van der Waals surface area contributed by atoms with Crippen LogP contribution >= 0.6 is 0 Å². The van der Waals surface area contributed by atoms with E-state index in [0.717, 1.165) is 0 Å². The van der Waals surface area contributed by atoms with Gasteiger partial charge in [0.05, 0.1) is 12.8 Å². The SMILES string of the molecule is CN(C)C(N)=O.O=C(O)CC(O)(CC(=O)O)C(=O)O. The van der Waals surface area contributed by atoms with Crippen molar-refractivity contribution in [1.29, 1.82) is 0 Å². The van der Waals surface area contributed by atoms with Gasteiger partial charge < -0.3 is 31.1 Å². The fourth-order valence-corrected chi connectivity index (χ4v) is 0.714. The number of hydrogen-bond donors (Lipinski definition) is 5. The Morgan fingerprint density at radius 2 is 1.26 bits per heavy atom. The molecular formula is C9H16N2O8. The van der Waals surface area contributed by atoms with Crippen molar-refractivity contribution >= 4 is 23.9 Å². The molecule has 2 amide bonds. The molecule has 6 N–H and O–H groups in total. The van der Waals surface area contributed by atoms with Gasteiger partial charge in [0, 0.05) is 14.1 Å². The quantitative estimate of drug-likeness (QED) is 0.398. The first-order chi connectivity index (χ1) is 8.42. The summed E-state index contributed by atoms with van der Waals surface area (Å²) >= 11 is 0. The maximum Gasteiger partial charge on any atom is 0.336 e. The number of hydrogen-bond acceptors (Lipinski definition) is 5. The molecule has 0 heterocycles. The fourth-order valence-electron chi connectivity index (χ4n) is 0.714. The molecule has 0 saturated carbocycles. The summed E-state index contributed by atoms with van der Waals surface area (Å²) in [5, 5.41) is 33.8. The first-order valence-electron chi connectivity index (χ1n) is 4.78. The fraction of sp³-hybridized carbons (Fsp3) is 0.556. The number of carbonyl (C=O) groups is 4. The minimum Gasteiger partial charge on any atom is -0.481 e. The lowest BCUT2D eigenvalue weighted by Crippen LogP contribution is -2.42. The van der Waals surface area contributed by atoms with E-state index in [2.05, 4.69) is 0 Å². The zero-order valence-corrected chi connectivity index (χ0v) is 10.4. The van der Waals surface area contributed by atoms with E-state index in [-0.39, 0.29) is 0 Å². The normalized spacial score (nSPS) is 9.84. The van der Waals surface area contributed by atoms with Crippen LogP contribution in [0.2, 0.25) is 0 Å². The van der Waals surface area contributed by atoms with Gasteiger partial charge in [0.2, 0.25) is 0 Å². The van der Waals surface area contributed by atoms with Gasteiger partial charge in [-0.3, -0.25) is 9.59 Å². The van der Waals surface area contributed by atoms with Crippen LogP contribution in [0.5, 0.6) is 0 Å². The van der Waals surface area contributed by atoms with Crippen LogP contribution < -0.4 is 5.73 Å². The first kappa shape index (κ1) is 19.0. The molecule has 0 radical (unpaired) electrons. The van der Waals surface area contributed by atoms with Gasteiger partial charge >= 0.3 is 23.9 Å². The average Bonchev–Trinajstić information content (AvgIpc) is 2.14. The Morgan fingerprint density at radius 3 is 1.37 bits per heavy atom. The predicted octanol–water partition coefficient (Wildman–Crippen LogP) is -1.62. The van der Waals surface area contributed by atoms with E-state index in [1.165, 1.54) is 4.90 Å². The Kier molecular flexibility index (Phi) is 7.86. The van der Waals surface area contributed by atoms with Gasteiger partial charge in [-0.25, -0.2) is 9.59 Å². The van der Waals surface area contributed by atoms with E-state index in [1.54, 1.807) is 14.1 Å². The molecule has 0 aliphatic heterocycles. The Morgan fingerprint density at radius 1 is 1.00 bits per heavy atom. The van der Waals surface area contributed by atoms with Crippen LogP contribution in [-0.2, 0) is 14.4 Å². The number of amides is 2. The summed E-state index contributed by atoms with van der Waals surface area (Å²) in [5.41, 5.74) is 1.98. The number of aliphatic hydroxyl groups is 1. The monoisotopic (exact) mass is 280 g/mol. The van der Waals surface area contributed by atoms with Gasteiger partial charge in [-0.05, 0) is 0 Å². The Labute approximate surface area is 108 Å². The summed E-state index contributed by atoms with van der Waals surface area (Å²) in [6.07, 6.45) is -2.29. The second-order valence-electron chi connectivity index (χ2n) is 3.71. The van der Waals surface area contributed by atoms with Gasteiger partial charge in [-0.15, -0.1) is 0 Å². The average molecular weight is 280 g/mol. The molecule has 10 nitrogen and oxygen atoms in total. The zero-order chi connectivity index (χ0) is 15.8. The summed E-state index contributed by atoms with van der Waals surface area (Å²) in [6, 6.07) is -0.407. The van der Waals surface area contributed by atoms with Crippen LogP contribution in [0.4, 0.5) is 4.79 Å². The zero-order valence-electron chi connectivity index (χ0n) is 10.4. The van der Waals surface area contributed by atoms with Gasteiger partial charge in [0.25, 0.3) is 0 Å². The predicted molar refractivity (Wildman–Crippen MR) is 60.4 cm³/mol. The molecular weight excluding hydrogens is 264 g/mol. The van der Waals surface area contributed by atoms with Gasteiger partial charge in [0.1, 0.15) is 0 Å². The van der Waals surface area contributed by atoms with Crippen LogP contribution in [0.25, 0.3) is 0 Å². The van der Waals surface area contributed by atoms with Crippen molar-refractivity contribution in [2.24, 2.45) is 5.73 Å². The molecule has 0 unspecified atom stereocenters. The number of urea groups is 1. The van der Waals surface area contributed by atoms with Crippen LogP contribution in [0.1, 0.15) is 12.8 Å². The summed E-state index contributed by atoms with van der Waals surface area (Å²) in [7, 11) is 3.20. The van der Waals surface area contributed by atoms with Crippen molar-refractivity contribution in [2.75, 3.05) is 14.1 Å². The molecule has 0 aliphatic carbocycles. The third kappa shape index (κ3) is 9.35.